The highest BCUT2D eigenvalue weighted by Gasteiger charge is 2.33. The van der Waals surface area contributed by atoms with Gasteiger partial charge >= 0.3 is 12.1 Å². The van der Waals surface area contributed by atoms with E-state index in [-0.39, 0.29) is 23.7 Å². The van der Waals surface area contributed by atoms with E-state index in [1.807, 2.05) is 11.8 Å². The van der Waals surface area contributed by atoms with Gasteiger partial charge in [0.05, 0.1) is 35.7 Å². The fraction of sp³-hybridized carbons (Fsp3) is 0.348. The van der Waals surface area contributed by atoms with Crippen LogP contribution in [0.15, 0.2) is 41.5 Å². The predicted octanol–water partition coefficient (Wildman–Crippen LogP) is 3.70. The molecule has 0 saturated carbocycles. The van der Waals surface area contributed by atoms with Gasteiger partial charge in [-0.1, -0.05) is 12.1 Å². The van der Waals surface area contributed by atoms with Crippen molar-refractivity contribution in [3.05, 3.63) is 69.1 Å². The van der Waals surface area contributed by atoms with Crippen molar-refractivity contribution in [1.82, 2.24) is 9.55 Å². The minimum absolute atomic E-state index is 0.00113. The molecule has 2 aromatic heterocycles. The summed E-state index contributed by atoms with van der Waals surface area (Å²) in [7, 11) is 0. The Morgan fingerprint density at radius 1 is 1.33 bits per heavy atom. The van der Waals surface area contributed by atoms with E-state index in [4.69, 9.17) is 4.74 Å². The highest BCUT2D eigenvalue weighted by atomic mass is 19.4. The summed E-state index contributed by atoms with van der Waals surface area (Å²) < 4.78 is 47.2. The largest absolute Gasteiger partial charge is 0.477 e. The predicted molar refractivity (Wildman–Crippen MR) is 116 cm³/mol. The average Bonchev–Trinajstić information content (AvgIpc) is 2.75. The maximum absolute atomic E-state index is 13.4. The number of aromatic carboxylic acids is 1. The van der Waals surface area contributed by atoms with Gasteiger partial charge in [-0.3, -0.25) is 4.79 Å². The molecule has 1 aliphatic rings. The zero-order chi connectivity index (χ0) is 23.9. The van der Waals surface area contributed by atoms with Crippen LogP contribution in [0, 0.1) is 6.92 Å². The highest BCUT2D eigenvalue weighted by Crippen LogP contribution is 2.33. The summed E-state index contributed by atoms with van der Waals surface area (Å²) in [5, 5.41) is 9.50. The molecule has 3 heterocycles. The molecule has 1 aliphatic heterocycles. The number of benzene rings is 1. The Balaban J connectivity index is 1.87. The van der Waals surface area contributed by atoms with Crippen LogP contribution in [-0.4, -0.2) is 46.4 Å². The summed E-state index contributed by atoms with van der Waals surface area (Å²) in [6.07, 6.45) is -1.84. The van der Waals surface area contributed by atoms with E-state index in [9.17, 15) is 27.9 Å². The lowest BCUT2D eigenvalue weighted by Crippen LogP contribution is -2.41. The number of aromatic nitrogens is 2. The van der Waals surface area contributed by atoms with Crippen LogP contribution in [0.25, 0.3) is 11.0 Å². The van der Waals surface area contributed by atoms with Crippen LogP contribution in [0.3, 0.4) is 0 Å². The Hall–Kier alpha value is -3.40. The van der Waals surface area contributed by atoms with Crippen LogP contribution in [0.1, 0.15) is 34.0 Å². The van der Waals surface area contributed by atoms with E-state index in [1.165, 1.54) is 30.0 Å². The van der Waals surface area contributed by atoms with Crippen molar-refractivity contribution in [3.63, 3.8) is 0 Å². The van der Waals surface area contributed by atoms with E-state index in [2.05, 4.69) is 4.98 Å². The molecule has 0 radical (unpaired) electrons. The smallest absolute Gasteiger partial charge is 0.416 e. The summed E-state index contributed by atoms with van der Waals surface area (Å²) in [6.45, 7) is 5.00. The molecular formula is C23H22F3N3O4. The van der Waals surface area contributed by atoms with E-state index < -0.39 is 28.7 Å². The van der Waals surface area contributed by atoms with Crippen LogP contribution in [0.5, 0.6) is 0 Å². The molecule has 33 heavy (non-hydrogen) atoms. The second kappa shape index (κ2) is 8.51. The van der Waals surface area contributed by atoms with E-state index in [0.717, 1.165) is 11.8 Å². The monoisotopic (exact) mass is 461 g/mol. The molecule has 174 valence electrons. The Morgan fingerprint density at radius 2 is 2.09 bits per heavy atom. The molecule has 4 rings (SSSR count). The van der Waals surface area contributed by atoms with E-state index in [1.54, 1.807) is 12.1 Å². The van der Waals surface area contributed by atoms with Crippen molar-refractivity contribution >= 4 is 22.7 Å². The first kappa shape index (κ1) is 22.8. The van der Waals surface area contributed by atoms with Crippen molar-refractivity contribution in [2.45, 2.75) is 32.7 Å². The third-order valence-electron chi connectivity index (χ3n) is 5.84. The van der Waals surface area contributed by atoms with Crippen LogP contribution in [0.4, 0.5) is 18.9 Å². The van der Waals surface area contributed by atoms with Crippen molar-refractivity contribution in [2.75, 3.05) is 24.6 Å². The Kier molecular flexibility index (Phi) is 5.87. The van der Waals surface area contributed by atoms with Gasteiger partial charge in [0.15, 0.2) is 0 Å². The molecule has 1 atom stereocenters. The molecule has 0 spiro atoms. The molecule has 1 aromatic carbocycles. The molecule has 10 heteroatoms. The number of ether oxygens (including phenoxy) is 1. The van der Waals surface area contributed by atoms with Crippen molar-refractivity contribution in [1.29, 1.82) is 0 Å². The first-order valence-electron chi connectivity index (χ1n) is 10.3. The number of rotatable bonds is 4. The van der Waals surface area contributed by atoms with E-state index in [0.29, 0.717) is 30.8 Å². The molecule has 1 saturated heterocycles. The number of carbonyl (C=O) groups is 1. The fourth-order valence-electron chi connectivity index (χ4n) is 4.10. The number of halogens is 3. The third-order valence-corrected chi connectivity index (χ3v) is 5.84. The summed E-state index contributed by atoms with van der Waals surface area (Å²) in [5.41, 5.74) is -0.581. The number of fused-ring (bicyclic) bond motifs is 1. The Bertz CT molecular complexity index is 1290. The number of pyridine rings is 2. The number of carboxylic acids is 1. The Morgan fingerprint density at radius 3 is 2.76 bits per heavy atom. The number of anilines is 1. The highest BCUT2D eigenvalue weighted by molar-refractivity contribution is 5.92. The first-order valence-corrected chi connectivity index (χ1v) is 10.3. The average molecular weight is 461 g/mol. The minimum Gasteiger partial charge on any atom is -0.477 e. The van der Waals surface area contributed by atoms with Gasteiger partial charge in [0.25, 0.3) is 0 Å². The molecule has 0 amide bonds. The molecular weight excluding hydrogens is 439 g/mol. The normalized spacial score (nSPS) is 16.9. The molecule has 0 bridgehead atoms. The quantitative estimate of drug-likeness (QED) is 0.638. The van der Waals surface area contributed by atoms with Crippen LogP contribution in [-0.2, 0) is 17.5 Å². The van der Waals surface area contributed by atoms with E-state index >= 15 is 0 Å². The maximum atomic E-state index is 13.4. The maximum Gasteiger partial charge on any atom is 0.416 e. The van der Waals surface area contributed by atoms with Gasteiger partial charge in [0, 0.05) is 25.8 Å². The van der Waals surface area contributed by atoms with Gasteiger partial charge in [-0.25, -0.2) is 9.78 Å². The molecule has 1 fully saturated rings. The van der Waals surface area contributed by atoms with Crippen LogP contribution < -0.4 is 10.3 Å². The van der Waals surface area contributed by atoms with Crippen LogP contribution in [0.2, 0.25) is 0 Å². The summed E-state index contributed by atoms with van der Waals surface area (Å²) >= 11 is 0. The number of alkyl halides is 3. The molecule has 3 aromatic rings. The minimum atomic E-state index is -4.51. The van der Waals surface area contributed by atoms with Gasteiger partial charge in [0.2, 0.25) is 5.43 Å². The van der Waals surface area contributed by atoms with Gasteiger partial charge in [-0.2, -0.15) is 13.2 Å². The lowest BCUT2D eigenvalue weighted by molar-refractivity contribution is -0.138. The summed E-state index contributed by atoms with van der Waals surface area (Å²) in [6, 6.07) is 5.59. The SMILES string of the molecule is Cc1c(Cn2cc(C(=O)O)c(=O)c3ncc(N4CCO[C@@H](C)C4)cc32)cccc1C(F)(F)F. The topological polar surface area (TPSA) is 84.7 Å². The number of morpholine rings is 1. The van der Waals surface area contributed by atoms with Gasteiger partial charge < -0.3 is 19.3 Å². The molecule has 0 unspecified atom stereocenters. The van der Waals surface area contributed by atoms with Crippen molar-refractivity contribution < 1.29 is 27.8 Å². The number of nitrogens with zero attached hydrogens (tertiary/aromatic N) is 3. The fourth-order valence-corrected chi connectivity index (χ4v) is 4.10. The number of hydrogen-bond acceptors (Lipinski definition) is 5. The van der Waals surface area contributed by atoms with Gasteiger partial charge in [0.1, 0.15) is 11.1 Å². The molecule has 0 aliphatic carbocycles. The second-order valence-corrected chi connectivity index (χ2v) is 8.08. The number of carboxylic acid groups (broad SMARTS) is 1. The second-order valence-electron chi connectivity index (χ2n) is 8.08. The van der Waals surface area contributed by atoms with Crippen molar-refractivity contribution in [3.8, 4) is 0 Å². The Labute approximate surface area is 187 Å². The zero-order valence-electron chi connectivity index (χ0n) is 18.0. The zero-order valence-corrected chi connectivity index (χ0v) is 18.0. The lowest BCUT2D eigenvalue weighted by atomic mass is 10.0. The van der Waals surface area contributed by atoms with Crippen LogP contribution >= 0.6 is 0 Å². The molecule has 7 nitrogen and oxygen atoms in total. The first-order chi connectivity index (χ1) is 15.6. The summed E-state index contributed by atoms with van der Waals surface area (Å²) in [5.74, 6) is -1.43. The van der Waals surface area contributed by atoms with Gasteiger partial charge in [-0.15, -0.1) is 0 Å². The third kappa shape index (κ3) is 4.43. The molecule has 1 N–H and O–H groups in total. The summed E-state index contributed by atoms with van der Waals surface area (Å²) in [4.78, 5) is 30.7. The number of hydrogen-bond donors (Lipinski definition) is 1. The van der Waals surface area contributed by atoms with Gasteiger partial charge in [-0.05, 0) is 37.1 Å². The van der Waals surface area contributed by atoms with Crippen molar-refractivity contribution in [2.24, 2.45) is 0 Å². The standard InChI is InChI=1S/C23H22F3N3O4/c1-13-10-28(6-7-33-13)16-8-19-20(27-9-16)21(30)17(22(31)32)12-29(19)11-15-4-3-5-18(14(15)2)23(24,25)26/h3-5,8-9,12-13H,6-7,10-11H2,1-2H3,(H,31,32)/t13-/m0/s1. The lowest BCUT2D eigenvalue weighted by Gasteiger charge is -2.32.